The van der Waals surface area contributed by atoms with E-state index in [9.17, 15) is 0 Å². The van der Waals surface area contributed by atoms with Crippen LogP contribution in [0.5, 0.6) is 11.5 Å². The summed E-state index contributed by atoms with van der Waals surface area (Å²) in [6, 6.07) is 9.99. The van der Waals surface area contributed by atoms with Gasteiger partial charge in [0.25, 0.3) is 0 Å². The maximum absolute atomic E-state index is 6.00. The van der Waals surface area contributed by atoms with E-state index in [0.717, 1.165) is 38.2 Å². The molecule has 2 rings (SSSR count). The monoisotopic (exact) mass is 368 g/mol. The predicted molar refractivity (Wildman–Crippen MR) is 90.5 cm³/mol. The minimum Gasteiger partial charge on any atom is -0.497 e. The van der Waals surface area contributed by atoms with E-state index >= 15 is 0 Å². The van der Waals surface area contributed by atoms with Crippen molar-refractivity contribution < 1.29 is 9.47 Å². The number of methoxy groups -OCH3 is 1. The Morgan fingerprint density at radius 1 is 1.10 bits per heavy atom. The van der Waals surface area contributed by atoms with Crippen LogP contribution in [0.25, 0.3) is 0 Å². The van der Waals surface area contributed by atoms with Crippen LogP contribution in [-0.2, 0) is 12.5 Å². The van der Waals surface area contributed by atoms with Gasteiger partial charge in [0.1, 0.15) is 18.1 Å². The molecule has 0 heterocycles. The van der Waals surface area contributed by atoms with Crippen LogP contribution in [0.1, 0.15) is 22.3 Å². The van der Waals surface area contributed by atoms with E-state index in [4.69, 9.17) is 21.1 Å². The van der Waals surface area contributed by atoms with Gasteiger partial charge < -0.3 is 9.47 Å². The number of benzene rings is 2. The summed E-state index contributed by atoms with van der Waals surface area (Å²) >= 11 is 9.43. The van der Waals surface area contributed by atoms with Gasteiger partial charge in [-0.15, -0.1) is 11.6 Å². The van der Waals surface area contributed by atoms with Crippen molar-refractivity contribution in [2.24, 2.45) is 0 Å². The third-order valence-corrected chi connectivity index (χ3v) is 4.38. The lowest BCUT2D eigenvalue weighted by Gasteiger charge is -2.15. The first-order valence-corrected chi connectivity index (χ1v) is 7.99. The van der Waals surface area contributed by atoms with Gasteiger partial charge in [-0.25, -0.2) is 0 Å². The number of alkyl halides is 1. The molecule has 0 saturated carbocycles. The fraction of sp³-hybridized carbons (Fsp3) is 0.294. The predicted octanol–water partition coefficient (Wildman–Crippen LogP) is 5.39. The highest BCUT2D eigenvalue weighted by atomic mass is 79.9. The number of rotatable bonds is 5. The van der Waals surface area contributed by atoms with Crippen LogP contribution in [0.3, 0.4) is 0 Å². The molecule has 2 aromatic carbocycles. The SMILES string of the molecule is COc1ccc(Br)c(COc2c(C)cc(CCl)cc2C)c1. The lowest BCUT2D eigenvalue weighted by atomic mass is 10.1. The van der Waals surface area contributed by atoms with Crippen LogP contribution in [0.15, 0.2) is 34.8 Å². The van der Waals surface area contributed by atoms with Gasteiger partial charge in [0, 0.05) is 15.9 Å². The third kappa shape index (κ3) is 3.92. The summed E-state index contributed by atoms with van der Waals surface area (Å²) in [5.41, 5.74) is 4.37. The standard InChI is InChI=1S/C17H18BrClO2/c1-11-6-13(9-19)7-12(2)17(11)21-10-14-8-15(20-3)4-5-16(14)18/h4-8H,9-10H2,1-3H3. The Morgan fingerprint density at radius 2 is 1.76 bits per heavy atom. The van der Waals surface area contributed by atoms with Gasteiger partial charge in [0.05, 0.1) is 7.11 Å². The molecule has 0 aliphatic heterocycles. The molecule has 0 spiro atoms. The van der Waals surface area contributed by atoms with Crippen molar-refractivity contribution in [3.8, 4) is 11.5 Å². The fourth-order valence-corrected chi connectivity index (χ4v) is 2.80. The summed E-state index contributed by atoms with van der Waals surface area (Å²) in [5.74, 6) is 2.25. The molecule has 0 aromatic heterocycles. The highest BCUT2D eigenvalue weighted by Crippen LogP contribution is 2.28. The summed E-state index contributed by atoms with van der Waals surface area (Å²) in [6.07, 6.45) is 0. The van der Waals surface area contributed by atoms with E-state index in [1.165, 1.54) is 0 Å². The van der Waals surface area contributed by atoms with Crippen LogP contribution in [0.2, 0.25) is 0 Å². The number of aryl methyl sites for hydroxylation is 2. The van der Waals surface area contributed by atoms with Gasteiger partial charge in [0.15, 0.2) is 0 Å². The van der Waals surface area contributed by atoms with Gasteiger partial charge in [-0.2, -0.15) is 0 Å². The van der Waals surface area contributed by atoms with Crippen molar-refractivity contribution in [3.05, 3.63) is 57.1 Å². The molecule has 0 fully saturated rings. The summed E-state index contributed by atoms with van der Waals surface area (Å²) in [5, 5.41) is 0. The highest BCUT2D eigenvalue weighted by molar-refractivity contribution is 9.10. The quantitative estimate of drug-likeness (QED) is 0.658. The Bertz CT molecular complexity index is 618. The van der Waals surface area contributed by atoms with Crippen LogP contribution in [0.4, 0.5) is 0 Å². The van der Waals surface area contributed by atoms with E-state index < -0.39 is 0 Å². The van der Waals surface area contributed by atoms with E-state index in [0.29, 0.717) is 12.5 Å². The van der Waals surface area contributed by atoms with Gasteiger partial charge in [-0.1, -0.05) is 28.1 Å². The molecule has 0 atom stereocenters. The van der Waals surface area contributed by atoms with Crippen molar-refractivity contribution in [1.29, 1.82) is 0 Å². The molecular weight excluding hydrogens is 352 g/mol. The van der Waals surface area contributed by atoms with E-state index in [1.54, 1.807) is 7.11 Å². The first kappa shape index (κ1) is 16.2. The molecule has 0 amide bonds. The number of hydrogen-bond acceptors (Lipinski definition) is 2. The summed E-state index contributed by atoms with van der Waals surface area (Å²) in [4.78, 5) is 0. The van der Waals surface area contributed by atoms with Crippen molar-refractivity contribution in [2.45, 2.75) is 26.3 Å². The molecule has 112 valence electrons. The zero-order valence-corrected chi connectivity index (χ0v) is 14.7. The second-order valence-corrected chi connectivity index (χ2v) is 6.06. The highest BCUT2D eigenvalue weighted by Gasteiger charge is 2.09. The molecule has 0 bridgehead atoms. The molecule has 2 aromatic rings. The normalized spacial score (nSPS) is 10.5. The van der Waals surface area contributed by atoms with Gasteiger partial charge in [-0.05, 0) is 48.7 Å². The zero-order valence-electron chi connectivity index (χ0n) is 12.4. The third-order valence-electron chi connectivity index (χ3n) is 3.30. The van der Waals surface area contributed by atoms with Crippen LogP contribution >= 0.6 is 27.5 Å². The number of ether oxygens (including phenoxy) is 2. The van der Waals surface area contributed by atoms with Crippen molar-refractivity contribution >= 4 is 27.5 Å². The van der Waals surface area contributed by atoms with Crippen molar-refractivity contribution in [1.82, 2.24) is 0 Å². The molecule has 0 N–H and O–H groups in total. The first-order chi connectivity index (χ1) is 10.0. The lowest BCUT2D eigenvalue weighted by Crippen LogP contribution is -2.01. The largest absolute Gasteiger partial charge is 0.497 e. The minimum absolute atomic E-state index is 0.486. The summed E-state index contributed by atoms with van der Waals surface area (Å²) in [6.45, 7) is 4.57. The van der Waals surface area contributed by atoms with Crippen molar-refractivity contribution in [2.75, 3.05) is 7.11 Å². The van der Waals surface area contributed by atoms with Gasteiger partial charge in [-0.3, -0.25) is 0 Å². The second-order valence-electron chi connectivity index (χ2n) is 4.94. The molecular formula is C17H18BrClO2. The molecule has 2 nitrogen and oxygen atoms in total. The smallest absolute Gasteiger partial charge is 0.125 e. The van der Waals surface area contributed by atoms with Crippen LogP contribution in [-0.4, -0.2) is 7.11 Å². The molecule has 21 heavy (non-hydrogen) atoms. The van der Waals surface area contributed by atoms with Crippen LogP contribution < -0.4 is 9.47 Å². The fourth-order valence-electron chi connectivity index (χ4n) is 2.28. The molecule has 0 saturated heterocycles. The Labute approximate surface area is 139 Å². The Morgan fingerprint density at radius 3 is 2.33 bits per heavy atom. The van der Waals surface area contributed by atoms with E-state index in [1.807, 2.05) is 32.0 Å². The minimum atomic E-state index is 0.486. The summed E-state index contributed by atoms with van der Waals surface area (Å²) < 4.78 is 12.3. The van der Waals surface area contributed by atoms with Crippen LogP contribution in [0, 0.1) is 13.8 Å². The van der Waals surface area contributed by atoms with E-state index in [-0.39, 0.29) is 0 Å². The average Bonchev–Trinajstić information content (AvgIpc) is 2.47. The summed E-state index contributed by atoms with van der Waals surface area (Å²) in [7, 11) is 1.66. The Hall–Kier alpha value is -1.19. The number of halogens is 2. The molecule has 0 aliphatic carbocycles. The van der Waals surface area contributed by atoms with Gasteiger partial charge in [0.2, 0.25) is 0 Å². The molecule has 0 aliphatic rings. The average molecular weight is 370 g/mol. The Kier molecular flexibility index (Phi) is 5.54. The second kappa shape index (κ2) is 7.19. The lowest BCUT2D eigenvalue weighted by molar-refractivity contribution is 0.300. The maximum atomic E-state index is 6.00. The topological polar surface area (TPSA) is 18.5 Å². The first-order valence-electron chi connectivity index (χ1n) is 6.66. The van der Waals surface area contributed by atoms with Crippen molar-refractivity contribution in [3.63, 3.8) is 0 Å². The van der Waals surface area contributed by atoms with E-state index in [2.05, 4.69) is 28.1 Å². The maximum Gasteiger partial charge on any atom is 0.125 e. The Balaban J connectivity index is 2.20. The zero-order chi connectivity index (χ0) is 15.4. The van der Waals surface area contributed by atoms with Gasteiger partial charge >= 0.3 is 0 Å². The molecule has 0 unspecified atom stereocenters. The molecule has 0 radical (unpaired) electrons. The molecule has 4 heteroatoms. The number of hydrogen-bond donors (Lipinski definition) is 0.